The number of ether oxygens (including phenoxy) is 1. The summed E-state index contributed by atoms with van der Waals surface area (Å²) in [4.78, 5) is 26.9. The zero-order valence-electron chi connectivity index (χ0n) is 15.4. The lowest BCUT2D eigenvalue weighted by atomic mass is 9.84. The molecule has 1 aliphatic carbocycles. The third kappa shape index (κ3) is 4.85. The average molecular weight is 358 g/mol. The van der Waals surface area contributed by atoms with Crippen molar-refractivity contribution in [1.29, 1.82) is 0 Å². The Morgan fingerprint density at radius 2 is 1.81 bits per heavy atom. The van der Waals surface area contributed by atoms with Crippen LogP contribution >= 0.6 is 0 Å². The Hall–Kier alpha value is -1.88. The Bertz CT molecular complexity index is 599. The molecule has 2 fully saturated rings. The first-order valence-corrected chi connectivity index (χ1v) is 9.92. The highest BCUT2D eigenvalue weighted by Gasteiger charge is 2.37. The minimum atomic E-state index is -0.499. The van der Waals surface area contributed by atoms with Crippen LogP contribution in [-0.4, -0.2) is 35.4 Å². The predicted octanol–water partition coefficient (Wildman–Crippen LogP) is 3.02. The molecule has 1 heterocycles. The number of amides is 1. The van der Waals surface area contributed by atoms with Gasteiger partial charge in [-0.1, -0.05) is 62.4 Å². The van der Waals surface area contributed by atoms with Crippen molar-refractivity contribution in [3.8, 4) is 0 Å². The first kappa shape index (κ1) is 18.9. The molecule has 5 heteroatoms. The lowest BCUT2D eigenvalue weighted by Crippen LogP contribution is -2.49. The van der Waals surface area contributed by atoms with Gasteiger partial charge in [-0.2, -0.15) is 0 Å². The molecule has 142 valence electrons. The number of hydrogen-bond donors (Lipinski definition) is 1. The molecule has 2 atom stereocenters. The number of hydrogen-bond acceptors (Lipinski definition) is 4. The average Bonchev–Trinajstić information content (AvgIpc) is 3.17. The summed E-state index contributed by atoms with van der Waals surface area (Å²) < 4.78 is 5.45. The van der Waals surface area contributed by atoms with E-state index in [0.29, 0.717) is 18.9 Å². The van der Waals surface area contributed by atoms with Crippen molar-refractivity contribution in [2.24, 2.45) is 11.7 Å². The first-order valence-electron chi connectivity index (χ1n) is 9.92. The topological polar surface area (TPSA) is 72.6 Å². The molecule has 1 aromatic rings. The summed E-state index contributed by atoms with van der Waals surface area (Å²) in [7, 11) is 0. The Morgan fingerprint density at radius 1 is 1.08 bits per heavy atom. The summed E-state index contributed by atoms with van der Waals surface area (Å²) in [6.45, 7) is 0.842. The zero-order chi connectivity index (χ0) is 18.4. The second kappa shape index (κ2) is 9.17. The van der Waals surface area contributed by atoms with Gasteiger partial charge in [0.15, 0.2) is 0 Å². The third-order valence-corrected chi connectivity index (χ3v) is 5.66. The molecule has 1 saturated heterocycles. The van der Waals surface area contributed by atoms with Crippen LogP contribution in [0.3, 0.4) is 0 Å². The number of rotatable bonds is 6. The molecule has 26 heavy (non-hydrogen) atoms. The molecule has 0 spiro atoms. The van der Waals surface area contributed by atoms with Crippen LogP contribution in [-0.2, 0) is 20.9 Å². The van der Waals surface area contributed by atoms with Crippen LogP contribution < -0.4 is 5.73 Å². The first-order chi connectivity index (χ1) is 12.6. The summed E-state index contributed by atoms with van der Waals surface area (Å²) >= 11 is 0. The zero-order valence-corrected chi connectivity index (χ0v) is 15.4. The van der Waals surface area contributed by atoms with Gasteiger partial charge in [0.2, 0.25) is 5.91 Å². The van der Waals surface area contributed by atoms with E-state index in [2.05, 4.69) is 0 Å². The lowest BCUT2D eigenvalue weighted by molar-refractivity contribution is -0.155. The fraction of sp³-hybridized carbons (Fsp3) is 0.619. The molecule has 1 amide bonds. The van der Waals surface area contributed by atoms with Gasteiger partial charge in [0.05, 0.1) is 6.04 Å². The molecular weight excluding hydrogens is 328 g/mol. The number of nitrogens with two attached hydrogens (primary N) is 1. The molecule has 1 saturated carbocycles. The molecule has 1 aliphatic heterocycles. The van der Waals surface area contributed by atoms with E-state index in [9.17, 15) is 9.59 Å². The summed E-state index contributed by atoms with van der Waals surface area (Å²) in [6.07, 6.45) is 8.34. The van der Waals surface area contributed by atoms with Crippen molar-refractivity contribution in [3.63, 3.8) is 0 Å². The molecule has 0 aromatic heterocycles. The predicted molar refractivity (Wildman–Crippen MR) is 100 cm³/mol. The van der Waals surface area contributed by atoms with Crippen LogP contribution in [0, 0.1) is 5.92 Å². The maximum Gasteiger partial charge on any atom is 0.329 e. The SMILES string of the molecule is N[C@@H](CC1CCCCC1)C(=O)N1CCC[C@@H]1C(=O)OCc1ccccc1. The number of likely N-dealkylation sites (tertiary alicyclic amines) is 1. The molecule has 0 bridgehead atoms. The lowest BCUT2D eigenvalue weighted by Gasteiger charge is -2.29. The van der Waals surface area contributed by atoms with Crippen molar-refractivity contribution in [2.75, 3.05) is 6.54 Å². The number of esters is 1. The van der Waals surface area contributed by atoms with Crippen LogP contribution in [0.2, 0.25) is 0 Å². The van der Waals surface area contributed by atoms with E-state index in [1.54, 1.807) is 4.90 Å². The van der Waals surface area contributed by atoms with E-state index >= 15 is 0 Å². The van der Waals surface area contributed by atoms with Crippen LogP contribution in [0.4, 0.5) is 0 Å². The minimum Gasteiger partial charge on any atom is -0.459 e. The van der Waals surface area contributed by atoms with Crippen LogP contribution in [0.5, 0.6) is 0 Å². The second-order valence-electron chi connectivity index (χ2n) is 7.63. The largest absolute Gasteiger partial charge is 0.459 e. The molecule has 0 radical (unpaired) electrons. The molecule has 0 unspecified atom stereocenters. The van der Waals surface area contributed by atoms with E-state index in [-0.39, 0.29) is 18.5 Å². The van der Waals surface area contributed by atoms with Crippen molar-refractivity contribution in [1.82, 2.24) is 4.90 Å². The highest BCUT2D eigenvalue weighted by atomic mass is 16.5. The van der Waals surface area contributed by atoms with Gasteiger partial charge < -0.3 is 15.4 Å². The monoisotopic (exact) mass is 358 g/mol. The maximum absolute atomic E-state index is 12.8. The van der Waals surface area contributed by atoms with E-state index in [0.717, 1.165) is 18.4 Å². The second-order valence-corrected chi connectivity index (χ2v) is 7.63. The van der Waals surface area contributed by atoms with Gasteiger partial charge in [0.25, 0.3) is 0 Å². The number of benzene rings is 1. The third-order valence-electron chi connectivity index (χ3n) is 5.66. The quantitative estimate of drug-likeness (QED) is 0.794. The summed E-state index contributed by atoms with van der Waals surface area (Å²) in [5.41, 5.74) is 7.16. The molecule has 3 rings (SSSR count). The molecule has 2 aliphatic rings. The van der Waals surface area contributed by atoms with Crippen molar-refractivity contribution in [2.45, 2.75) is 70.1 Å². The molecule has 1 aromatic carbocycles. The van der Waals surface area contributed by atoms with Gasteiger partial charge in [-0.05, 0) is 30.7 Å². The standard InChI is InChI=1S/C21H30N2O3/c22-18(14-16-8-3-1-4-9-16)20(24)23-13-7-12-19(23)21(25)26-15-17-10-5-2-6-11-17/h2,5-6,10-11,16,18-19H,1,3-4,7-9,12-15,22H2/t18-,19+/m0/s1. The van der Waals surface area contributed by atoms with Gasteiger partial charge in [-0.3, -0.25) is 4.79 Å². The van der Waals surface area contributed by atoms with Gasteiger partial charge in [-0.25, -0.2) is 4.79 Å². The van der Waals surface area contributed by atoms with E-state index < -0.39 is 12.1 Å². The summed E-state index contributed by atoms with van der Waals surface area (Å²) in [5, 5.41) is 0. The molecule has 2 N–H and O–H groups in total. The fourth-order valence-corrected chi connectivity index (χ4v) is 4.20. The highest BCUT2D eigenvalue weighted by Crippen LogP contribution is 2.28. The summed E-state index contributed by atoms with van der Waals surface area (Å²) in [5.74, 6) is 0.146. The van der Waals surface area contributed by atoms with Crippen LogP contribution in [0.25, 0.3) is 0 Å². The van der Waals surface area contributed by atoms with Gasteiger partial charge in [-0.15, -0.1) is 0 Å². The van der Waals surface area contributed by atoms with Gasteiger partial charge in [0.1, 0.15) is 12.6 Å². The van der Waals surface area contributed by atoms with E-state index in [1.165, 1.54) is 32.1 Å². The molecule has 5 nitrogen and oxygen atoms in total. The minimum absolute atomic E-state index is 0.0882. The van der Waals surface area contributed by atoms with E-state index in [4.69, 9.17) is 10.5 Å². The van der Waals surface area contributed by atoms with Gasteiger partial charge >= 0.3 is 5.97 Å². The number of nitrogens with zero attached hydrogens (tertiary/aromatic N) is 1. The summed E-state index contributed by atoms with van der Waals surface area (Å²) in [6, 6.07) is 8.62. The fourth-order valence-electron chi connectivity index (χ4n) is 4.20. The van der Waals surface area contributed by atoms with Crippen molar-refractivity contribution >= 4 is 11.9 Å². The normalized spacial score (nSPS) is 22.2. The Balaban J connectivity index is 1.52. The smallest absolute Gasteiger partial charge is 0.329 e. The van der Waals surface area contributed by atoms with Gasteiger partial charge in [0, 0.05) is 6.54 Å². The Labute approximate surface area is 155 Å². The van der Waals surface area contributed by atoms with Crippen molar-refractivity contribution in [3.05, 3.63) is 35.9 Å². The van der Waals surface area contributed by atoms with Crippen LogP contribution in [0.15, 0.2) is 30.3 Å². The Kier molecular flexibility index (Phi) is 6.67. The van der Waals surface area contributed by atoms with Crippen LogP contribution in [0.1, 0.15) is 56.9 Å². The highest BCUT2D eigenvalue weighted by molar-refractivity contribution is 5.88. The maximum atomic E-state index is 12.8. The number of carbonyl (C=O) groups excluding carboxylic acids is 2. The van der Waals surface area contributed by atoms with Crippen molar-refractivity contribution < 1.29 is 14.3 Å². The molecular formula is C21H30N2O3. The Morgan fingerprint density at radius 3 is 2.54 bits per heavy atom. The number of carbonyl (C=O) groups is 2. The van der Waals surface area contributed by atoms with E-state index in [1.807, 2.05) is 30.3 Å².